The van der Waals surface area contributed by atoms with Gasteiger partial charge in [-0.3, -0.25) is 4.98 Å². The molecule has 0 aliphatic rings. The molecule has 0 aliphatic carbocycles. The second-order valence-electron chi connectivity index (χ2n) is 7.66. The van der Waals surface area contributed by atoms with Crippen LogP contribution in [0.5, 0.6) is 5.75 Å². The van der Waals surface area contributed by atoms with E-state index in [0.717, 1.165) is 47.8 Å². The van der Waals surface area contributed by atoms with Gasteiger partial charge in [0.15, 0.2) is 5.60 Å². The van der Waals surface area contributed by atoms with Gasteiger partial charge in [-0.25, -0.2) is 18.4 Å². The van der Waals surface area contributed by atoms with Crippen molar-refractivity contribution in [3.8, 4) is 16.9 Å². The summed E-state index contributed by atoms with van der Waals surface area (Å²) in [6.07, 6.45) is -1.80. The lowest BCUT2D eigenvalue weighted by Gasteiger charge is -2.36. The van der Waals surface area contributed by atoms with Crippen LogP contribution in [-0.4, -0.2) is 31.2 Å². The molecule has 0 saturated heterocycles. The van der Waals surface area contributed by atoms with Crippen molar-refractivity contribution in [1.82, 2.24) is 19.7 Å². The highest BCUT2D eigenvalue weighted by atomic mass is 19.4. The molecule has 2 aromatic heterocycles. The van der Waals surface area contributed by atoms with Crippen molar-refractivity contribution in [2.75, 3.05) is 0 Å². The maximum absolute atomic E-state index is 15.7. The molecule has 0 radical (unpaired) electrons. The van der Waals surface area contributed by atoms with Gasteiger partial charge in [-0.2, -0.15) is 13.9 Å². The molecule has 0 saturated carbocycles. The average molecular weight is 512 g/mol. The Hall–Kier alpha value is -4.00. The molecule has 4 aromatic rings. The Morgan fingerprint density at radius 2 is 1.58 bits per heavy atom. The van der Waals surface area contributed by atoms with Crippen molar-refractivity contribution >= 4 is 0 Å². The SMILES string of the molecule is OC(Cn1cncn1)(c1ccc(F)cc1F)C(F)(F)c1ccc(-c2ccc(OC(F)(F)F)cc2)cn1. The molecular weight excluding hydrogens is 497 g/mol. The number of halogens is 7. The van der Waals surface area contributed by atoms with Crippen molar-refractivity contribution in [1.29, 1.82) is 0 Å². The first-order valence-corrected chi connectivity index (χ1v) is 10.1. The third kappa shape index (κ3) is 5.00. The van der Waals surface area contributed by atoms with Gasteiger partial charge in [0.2, 0.25) is 0 Å². The van der Waals surface area contributed by atoms with Crippen LogP contribution in [0.3, 0.4) is 0 Å². The Morgan fingerprint density at radius 3 is 2.14 bits per heavy atom. The van der Waals surface area contributed by atoms with Gasteiger partial charge >= 0.3 is 12.3 Å². The number of ether oxygens (including phenoxy) is 1. The number of rotatable bonds is 7. The van der Waals surface area contributed by atoms with E-state index in [9.17, 15) is 27.1 Å². The van der Waals surface area contributed by atoms with Crippen LogP contribution in [0.4, 0.5) is 30.7 Å². The van der Waals surface area contributed by atoms with Crippen molar-refractivity contribution in [3.05, 3.63) is 96.3 Å². The van der Waals surface area contributed by atoms with Gasteiger partial charge in [0.25, 0.3) is 0 Å². The lowest BCUT2D eigenvalue weighted by Crippen LogP contribution is -2.48. The number of aromatic nitrogens is 4. The summed E-state index contributed by atoms with van der Waals surface area (Å²) in [5.74, 6) is -7.13. The monoisotopic (exact) mass is 512 g/mol. The second-order valence-corrected chi connectivity index (χ2v) is 7.66. The van der Waals surface area contributed by atoms with Gasteiger partial charge in [0.05, 0.1) is 6.54 Å². The highest BCUT2D eigenvalue weighted by molar-refractivity contribution is 5.63. The van der Waals surface area contributed by atoms with Gasteiger partial charge in [0.1, 0.15) is 35.7 Å². The Morgan fingerprint density at radius 1 is 0.889 bits per heavy atom. The molecule has 188 valence electrons. The minimum Gasteiger partial charge on any atom is -0.406 e. The molecule has 0 amide bonds. The lowest BCUT2D eigenvalue weighted by atomic mass is 9.84. The summed E-state index contributed by atoms with van der Waals surface area (Å²) in [7, 11) is 0. The molecule has 0 bridgehead atoms. The molecule has 36 heavy (non-hydrogen) atoms. The van der Waals surface area contributed by atoms with Crippen LogP contribution in [0, 0.1) is 11.6 Å². The second kappa shape index (κ2) is 9.22. The van der Waals surface area contributed by atoms with Gasteiger partial charge in [-0.1, -0.05) is 18.2 Å². The molecule has 4 rings (SSSR count). The fraction of sp³-hybridized carbons (Fsp3) is 0.174. The highest BCUT2D eigenvalue weighted by Crippen LogP contribution is 2.47. The predicted molar refractivity (Wildman–Crippen MR) is 111 cm³/mol. The average Bonchev–Trinajstić information content (AvgIpc) is 3.31. The van der Waals surface area contributed by atoms with E-state index >= 15 is 8.78 Å². The molecule has 13 heteroatoms. The summed E-state index contributed by atoms with van der Waals surface area (Å²) in [6, 6.07) is 8.49. The van der Waals surface area contributed by atoms with E-state index in [4.69, 9.17) is 0 Å². The third-order valence-corrected chi connectivity index (χ3v) is 5.26. The van der Waals surface area contributed by atoms with E-state index in [1.807, 2.05) is 0 Å². The molecule has 1 atom stereocenters. The summed E-state index contributed by atoms with van der Waals surface area (Å²) in [5.41, 5.74) is -4.50. The van der Waals surface area contributed by atoms with Crippen molar-refractivity contribution in [2.24, 2.45) is 0 Å². The summed E-state index contributed by atoms with van der Waals surface area (Å²) in [6.45, 7) is -0.952. The molecule has 2 heterocycles. The standard InChI is InChI=1S/C23H15F7N4O2/c24-16-4-7-18(19(25)9-16)21(35,11-34-13-31-12-33-34)22(26,27)20-8-3-15(10-32-20)14-1-5-17(6-2-14)36-23(28,29)30/h1-10,12-13,35H,11H2. The van der Waals surface area contributed by atoms with E-state index in [0.29, 0.717) is 17.7 Å². The summed E-state index contributed by atoms with van der Waals surface area (Å²) in [5, 5.41) is 14.8. The Bertz CT molecular complexity index is 1330. The van der Waals surface area contributed by atoms with Crippen LogP contribution >= 0.6 is 0 Å². The Kier molecular flexibility index (Phi) is 6.43. The maximum Gasteiger partial charge on any atom is 0.573 e. The minimum absolute atomic E-state index is 0.265. The van der Waals surface area contributed by atoms with Crippen molar-refractivity contribution < 1.29 is 40.6 Å². The topological polar surface area (TPSA) is 73.1 Å². The fourth-order valence-electron chi connectivity index (χ4n) is 3.54. The number of nitrogens with zero attached hydrogens (tertiary/aromatic N) is 4. The number of hydrogen-bond donors (Lipinski definition) is 1. The molecule has 0 aliphatic heterocycles. The first kappa shape index (κ1) is 25.1. The Balaban J connectivity index is 1.69. The van der Waals surface area contributed by atoms with Gasteiger partial charge < -0.3 is 9.84 Å². The number of pyridine rings is 1. The number of aliphatic hydroxyl groups is 1. The Labute approximate surface area is 198 Å². The molecule has 2 aromatic carbocycles. The largest absolute Gasteiger partial charge is 0.573 e. The van der Waals surface area contributed by atoms with Gasteiger partial charge in [0, 0.05) is 23.4 Å². The zero-order valence-electron chi connectivity index (χ0n) is 17.9. The summed E-state index contributed by atoms with van der Waals surface area (Å²) in [4.78, 5) is 7.33. The molecule has 0 fully saturated rings. The van der Waals surface area contributed by atoms with Crippen molar-refractivity contribution in [3.63, 3.8) is 0 Å². The lowest BCUT2D eigenvalue weighted by molar-refractivity contribution is -0.274. The summed E-state index contributed by atoms with van der Waals surface area (Å²) >= 11 is 0. The van der Waals surface area contributed by atoms with E-state index < -0.39 is 53.1 Å². The fourth-order valence-corrected chi connectivity index (χ4v) is 3.54. The van der Waals surface area contributed by atoms with E-state index in [1.54, 1.807) is 0 Å². The van der Waals surface area contributed by atoms with Gasteiger partial charge in [-0.15, -0.1) is 13.2 Å². The zero-order chi connectivity index (χ0) is 26.1. The molecule has 1 N–H and O–H groups in total. The number of benzene rings is 2. The molecular formula is C23H15F7N4O2. The van der Waals surface area contributed by atoms with Crippen LogP contribution in [0.15, 0.2) is 73.4 Å². The van der Waals surface area contributed by atoms with Crippen LogP contribution < -0.4 is 4.74 Å². The first-order valence-electron chi connectivity index (χ1n) is 10.1. The van der Waals surface area contributed by atoms with Crippen LogP contribution in [0.1, 0.15) is 11.3 Å². The van der Waals surface area contributed by atoms with Crippen LogP contribution in [0.25, 0.3) is 11.1 Å². The molecule has 6 nitrogen and oxygen atoms in total. The van der Waals surface area contributed by atoms with Crippen molar-refractivity contribution in [2.45, 2.75) is 24.4 Å². The van der Waals surface area contributed by atoms with E-state index in [1.165, 1.54) is 18.2 Å². The maximum atomic E-state index is 15.7. The smallest absolute Gasteiger partial charge is 0.406 e. The van der Waals surface area contributed by atoms with E-state index in [-0.39, 0.29) is 5.56 Å². The zero-order valence-corrected chi connectivity index (χ0v) is 17.9. The molecule has 0 spiro atoms. The number of alkyl halides is 5. The first-order chi connectivity index (χ1) is 16.9. The third-order valence-electron chi connectivity index (χ3n) is 5.26. The molecule has 1 unspecified atom stereocenters. The van der Waals surface area contributed by atoms with Gasteiger partial charge in [-0.05, 0) is 35.9 Å². The number of hydrogen-bond acceptors (Lipinski definition) is 5. The van der Waals surface area contributed by atoms with E-state index in [2.05, 4.69) is 19.8 Å². The van der Waals surface area contributed by atoms with Crippen LogP contribution in [0.2, 0.25) is 0 Å². The minimum atomic E-state index is -4.87. The predicted octanol–water partition coefficient (Wildman–Crippen LogP) is 5.20. The van der Waals surface area contributed by atoms with Crippen LogP contribution in [-0.2, 0) is 18.1 Å². The normalized spacial score (nSPS) is 13.9. The quantitative estimate of drug-likeness (QED) is 0.345. The highest BCUT2D eigenvalue weighted by Gasteiger charge is 2.57. The summed E-state index contributed by atoms with van der Waals surface area (Å²) < 4.78 is 101.